The molecule has 1 rings (SSSR count). The monoisotopic (exact) mass is 160 g/mol. The third-order valence-electron chi connectivity index (χ3n) is 2.06. The van der Waals surface area contributed by atoms with Crippen molar-refractivity contribution in [2.45, 2.75) is 12.2 Å². The second-order valence-electron chi connectivity index (χ2n) is 3.11. The average molecular weight is 160 g/mol. The van der Waals surface area contributed by atoms with Gasteiger partial charge >= 0.3 is 0 Å². The molecule has 1 aliphatic rings. The summed E-state index contributed by atoms with van der Waals surface area (Å²) in [5, 5.41) is 0. The lowest BCUT2D eigenvalue weighted by molar-refractivity contribution is -0.117. The zero-order valence-corrected chi connectivity index (χ0v) is 6.83. The first-order chi connectivity index (χ1) is 5.15. The number of likely N-dealkylation sites (N-methyl/N-ethyl adjacent to an activating group) is 1. The molecular weight excluding hydrogens is 147 g/mol. The molecule has 0 radical (unpaired) electrons. The highest BCUT2D eigenvalue weighted by atomic mass is 19.1. The lowest BCUT2D eigenvalue weighted by atomic mass is 10.2. The van der Waals surface area contributed by atoms with Crippen LogP contribution in [-0.4, -0.2) is 55.6 Å². The van der Waals surface area contributed by atoms with Crippen LogP contribution >= 0.6 is 0 Å². The highest BCUT2D eigenvalue weighted by Crippen LogP contribution is 2.15. The van der Waals surface area contributed by atoms with Crippen LogP contribution in [0.5, 0.6) is 0 Å². The zero-order chi connectivity index (χ0) is 8.43. The first kappa shape index (κ1) is 8.46. The van der Waals surface area contributed by atoms with Gasteiger partial charge in [0.05, 0.1) is 12.6 Å². The number of rotatable bonds is 2. The molecule has 4 heteroatoms. The fourth-order valence-electron chi connectivity index (χ4n) is 1.35. The second kappa shape index (κ2) is 3.17. The Balaban J connectivity index is 2.51. The summed E-state index contributed by atoms with van der Waals surface area (Å²) in [7, 11) is 3.65. The maximum Gasteiger partial charge on any atom is 0.209 e. The van der Waals surface area contributed by atoms with Gasteiger partial charge in [-0.1, -0.05) is 0 Å². The predicted molar refractivity (Wildman–Crippen MR) is 40.0 cm³/mol. The molecule has 0 spiro atoms. The van der Waals surface area contributed by atoms with Gasteiger partial charge in [0.25, 0.3) is 0 Å². The summed E-state index contributed by atoms with van der Waals surface area (Å²) < 4.78 is 13.0. The summed E-state index contributed by atoms with van der Waals surface area (Å²) in [5.74, 6) is 0. The van der Waals surface area contributed by atoms with Crippen molar-refractivity contribution in [3.05, 3.63) is 0 Å². The van der Waals surface area contributed by atoms with Gasteiger partial charge in [-0.2, -0.15) is 0 Å². The van der Waals surface area contributed by atoms with Crippen LogP contribution < -0.4 is 0 Å². The molecule has 0 aromatic carbocycles. The summed E-state index contributed by atoms with van der Waals surface area (Å²) in [5.41, 5.74) is 0. The Morgan fingerprint density at radius 1 is 1.55 bits per heavy atom. The van der Waals surface area contributed by atoms with Crippen LogP contribution in [0.2, 0.25) is 0 Å². The van der Waals surface area contributed by atoms with Crippen LogP contribution in [-0.2, 0) is 4.79 Å². The van der Waals surface area contributed by atoms with Gasteiger partial charge in [-0.3, -0.25) is 4.79 Å². The number of alkyl halides is 1. The van der Waals surface area contributed by atoms with E-state index in [-0.39, 0.29) is 12.6 Å². The minimum Gasteiger partial charge on any atom is -0.341 e. The minimum atomic E-state index is -0.893. The fourth-order valence-corrected chi connectivity index (χ4v) is 1.35. The molecule has 64 valence electrons. The van der Waals surface area contributed by atoms with E-state index < -0.39 is 6.17 Å². The van der Waals surface area contributed by atoms with E-state index in [1.807, 2.05) is 19.0 Å². The molecule has 1 fully saturated rings. The zero-order valence-electron chi connectivity index (χ0n) is 6.83. The summed E-state index contributed by atoms with van der Waals surface area (Å²) in [6.07, 6.45) is -0.189. The van der Waals surface area contributed by atoms with Crippen LogP contribution in [0.4, 0.5) is 4.39 Å². The van der Waals surface area contributed by atoms with Crippen LogP contribution in [0, 0.1) is 0 Å². The number of carbonyl (C=O) groups is 1. The van der Waals surface area contributed by atoms with Gasteiger partial charge in [0.2, 0.25) is 6.41 Å². The Morgan fingerprint density at radius 2 is 2.18 bits per heavy atom. The maximum atomic E-state index is 13.0. The standard InChI is InChI=1S/C7H13FN2O/c1-9(2)7-4-10(5-11)3-6(7)8/h5-7H,3-4H2,1-2H3. The molecule has 2 atom stereocenters. The normalized spacial score (nSPS) is 31.5. The van der Waals surface area contributed by atoms with Crippen molar-refractivity contribution in [3.63, 3.8) is 0 Å². The largest absolute Gasteiger partial charge is 0.341 e. The second-order valence-corrected chi connectivity index (χ2v) is 3.11. The van der Waals surface area contributed by atoms with E-state index in [1.165, 1.54) is 4.90 Å². The third kappa shape index (κ3) is 1.68. The maximum absolute atomic E-state index is 13.0. The molecule has 0 saturated carbocycles. The molecule has 0 N–H and O–H groups in total. The van der Waals surface area contributed by atoms with Crippen molar-refractivity contribution < 1.29 is 9.18 Å². The van der Waals surface area contributed by atoms with E-state index in [2.05, 4.69) is 0 Å². The van der Waals surface area contributed by atoms with E-state index in [0.29, 0.717) is 13.0 Å². The molecule has 0 bridgehead atoms. The molecule has 0 aliphatic carbocycles. The summed E-state index contributed by atoms with van der Waals surface area (Å²) >= 11 is 0. The van der Waals surface area contributed by atoms with Gasteiger partial charge < -0.3 is 9.80 Å². The van der Waals surface area contributed by atoms with Crippen LogP contribution in [0.25, 0.3) is 0 Å². The van der Waals surface area contributed by atoms with Gasteiger partial charge in [-0.25, -0.2) is 4.39 Å². The Labute approximate surface area is 65.8 Å². The van der Waals surface area contributed by atoms with Gasteiger partial charge in [0.1, 0.15) is 6.17 Å². The third-order valence-corrected chi connectivity index (χ3v) is 2.06. The quantitative estimate of drug-likeness (QED) is 0.519. The van der Waals surface area contributed by atoms with Gasteiger partial charge in [-0.15, -0.1) is 0 Å². The van der Waals surface area contributed by atoms with Crippen molar-refractivity contribution in [3.8, 4) is 0 Å². The van der Waals surface area contributed by atoms with Crippen LogP contribution in [0.15, 0.2) is 0 Å². The molecule has 11 heavy (non-hydrogen) atoms. The highest BCUT2D eigenvalue weighted by molar-refractivity contribution is 5.48. The Morgan fingerprint density at radius 3 is 2.45 bits per heavy atom. The van der Waals surface area contributed by atoms with E-state index >= 15 is 0 Å². The Hall–Kier alpha value is -0.640. The van der Waals surface area contributed by atoms with E-state index in [0.717, 1.165) is 0 Å². The molecule has 2 unspecified atom stereocenters. The molecule has 1 saturated heterocycles. The number of amides is 1. The molecule has 0 aromatic heterocycles. The van der Waals surface area contributed by atoms with Gasteiger partial charge in [-0.05, 0) is 14.1 Å². The predicted octanol–water partition coefficient (Wildman–Crippen LogP) is -0.273. The van der Waals surface area contributed by atoms with Gasteiger partial charge in [0, 0.05) is 6.54 Å². The summed E-state index contributed by atoms with van der Waals surface area (Å²) in [6, 6.07) is -0.125. The molecule has 0 aromatic rings. The van der Waals surface area contributed by atoms with Gasteiger partial charge in [0.15, 0.2) is 0 Å². The topological polar surface area (TPSA) is 23.6 Å². The minimum absolute atomic E-state index is 0.125. The average Bonchev–Trinajstić information content (AvgIpc) is 2.30. The Kier molecular flexibility index (Phi) is 2.44. The molecule has 1 heterocycles. The number of hydrogen-bond acceptors (Lipinski definition) is 2. The number of halogens is 1. The van der Waals surface area contributed by atoms with Crippen molar-refractivity contribution in [2.75, 3.05) is 27.2 Å². The number of hydrogen-bond donors (Lipinski definition) is 0. The SMILES string of the molecule is CN(C)C1CN(C=O)CC1F. The highest BCUT2D eigenvalue weighted by Gasteiger charge is 2.33. The van der Waals surface area contributed by atoms with E-state index in [1.54, 1.807) is 0 Å². The van der Waals surface area contributed by atoms with Crippen molar-refractivity contribution in [2.24, 2.45) is 0 Å². The number of carbonyl (C=O) groups excluding carboxylic acids is 1. The van der Waals surface area contributed by atoms with Crippen molar-refractivity contribution >= 4 is 6.41 Å². The molecular formula is C7H13FN2O. The first-order valence-corrected chi connectivity index (χ1v) is 3.65. The van der Waals surface area contributed by atoms with Crippen LogP contribution in [0.1, 0.15) is 0 Å². The number of nitrogens with zero attached hydrogens (tertiary/aromatic N) is 2. The fraction of sp³-hybridized carbons (Fsp3) is 0.857. The lowest BCUT2D eigenvalue weighted by Crippen LogP contribution is -2.36. The van der Waals surface area contributed by atoms with E-state index in [4.69, 9.17) is 0 Å². The molecule has 3 nitrogen and oxygen atoms in total. The van der Waals surface area contributed by atoms with Crippen molar-refractivity contribution in [1.29, 1.82) is 0 Å². The lowest BCUT2D eigenvalue weighted by Gasteiger charge is -2.19. The molecule has 1 amide bonds. The first-order valence-electron chi connectivity index (χ1n) is 3.65. The summed E-state index contributed by atoms with van der Waals surface area (Å²) in [6.45, 7) is 0.754. The Bertz CT molecular complexity index is 151. The smallest absolute Gasteiger partial charge is 0.209 e. The van der Waals surface area contributed by atoms with Crippen LogP contribution in [0.3, 0.4) is 0 Å². The summed E-state index contributed by atoms with van der Waals surface area (Å²) in [4.78, 5) is 13.5. The molecule has 1 aliphatic heterocycles. The number of likely N-dealkylation sites (tertiary alicyclic amines) is 1. The van der Waals surface area contributed by atoms with E-state index in [9.17, 15) is 9.18 Å². The van der Waals surface area contributed by atoms with Crippen molar-refractivity contribution in [1.82, 2.24) is 9.80 Å².